The van der Waals surface area contributed by atoms with Gasteiger partial charge in [0.25, 0.3) is 0 Å². The van der Waals surface area contributed by atoms with Crippen LogP contribution in [0.25, 0.3) is 10.9 Å². The van der Waals surface area contributed by atoms with Crippen molar-refractivity contribution < 1.29 is 28.5 Å². The summed E-state index contributed by atoms with van der Waals surface area (Å²) in [7, 11) is 4.20. The van der Waals surface area contributed by atoms with Gasteiger partial charge >= 0.3 is 6.09 Å². The Kier molecular flexibility index (Phi) is 10.6. The minimum atomic E-state index is -0.594. The number of aromatic nitrogens is 2. The fraction of sp³-hybridized carbons (Fsp3) is 0.571. The first-order chi connectivity index (χ1) is 23.1. The first-order valence-electron chi connectivity index (χ1n) is 16.9. The van der Waals surface area contributed by atoms with E-state index in [4.69, 9.17) is 23.7 Å². The topological polar surface area (TPSA) is 114 Å². The van der Waals surface area contributed by atoms with Crippen molar-refractivity contribution >= 4 is 28.5 Å². The molecule has 1 saturated heterocycles. The standard InChI is InChI=1S/C35H49N7O6/c1-35(2,3)48-34(43)42-11-7-19-44-29-20-26-27(21-30(29)45-18-6-10-41-15-12-39(4)13-16-41)36-23-37-33(26)38-31-25(22-40(5)14-17-42)8-9-28-32(31)47-24-46-28/h8-9,20-21,23H,6-7,10-19,22,24H2,1-5H3,(H,36,37,38). The number of nitrogens with one attached hydrogen (secondary N) is 1. The van der Waals surface area contributed by atoms with E-state index in [0.29, 0.717) is 74.6 Å². The van der Waals surface area contributed by atoms with Crippen molar-refractivity contribution in [2.45, 2.75) is 45.8 Å². The summed E-state index contributed by atoms with van der Waals surface area (Å²) >= 11 is 0. The molecule has 0 spiro atoms. The van der Waals surface area contributed by atoms with Gasteiger partial charge in [0.15, 0.2) is 23.0 Å². The summed E-state index contributed by atoms with van der Waals surface area (Å²) in [5, 5.41) is 4.34. The molecular formula is C35H49N7O6. The SMILES string of the molecule is CN1CCN(CCCOc2cc3ncnc4c3cc2OCCCN(C(=O)OC(C)(C)C)CCN(C)Cc2ccc3c(c2N4)OCO3)CC1. The van der Waals surface area contributed by atoms with Gasteiger partial charge in [0.05, 0.1) is 24.4 Å². The predicted molar refractivity (Wildman–Crippen MR) is 184 cm³/mol. The summed E-state index contributed by atoms with van der Waals surface area (Å²) in [4.78, 5) is 31.2. The van der Waals surface area contributed by atoms with Crippen molar-refractivity contribution in [1.82, 2.24) is 29.6 Å². The molecule has 4 heterocycles. The number of hydrogen-bond donors (Lipinski definition) is 1. The highest BCUT2D eigenvalue weighted by molar-refractivity contribution is 5.94. The Hall–Kier alpha value is -4.07. The number of ether oxygens (including phenoxy) is 5. The number of hydrogen-bond acceptors (Lipinski definition) is 12. The van der Waals surface area contributed by atoms with Crippen LogP contribution in [0.1, 0.15) is 39.2 Å². The molecule has 3 aromatic rings. The van der Waals surface area contributed by atoms with Crippen LogP contribution in [0, 0.1) is 0 Å². The van der Waals surface area contributed by atoms with Gasteiger partial charge in [-0.2, -0.15) is 0 Å². The van der Waals surface area contributed by atoms with Gasteiger partial charge in [-0.15, -0.1) is 0 Å². The van der Waals surface area contributed by atoms with Crippen molar-refractivity contribution in [3.05, 3.63) is 36.2 Å². The number of rotatable bonds is 5. The van der Waals surface area contributed by atoms with Gasteiger partial charge in [-0.05, 0) is 65.4 Å². The highest BCUT2D eigenvalue weighted by atomic mass is 16.7. The lowest BCUT2D eigenvalue weighted by Crippen LogP contribution is -2.44. The third-order valence-electron chi connectivity index (χ3n) is 8.72. The quantitative estimate of drug-likeness (QED) is 0.386. The number of benzene rings is 2. The molecule has 3 aliphatic rings. The van der Waals surface area contributed by atoms with Gasteiger partial charge in [-0.3, -0.25) is 0 Å². The highest BCUT2D eigenvalue weighted by Gasteiger charge is 2.26. The van der Waals surface area contributed by atoms with Gasteiger partial charge in [0.1, 0.15) is 17.7 Å². The maximum atomic E-state index is 13.2. The average molecular weight is 664 g/mol. The number of likely N-dealkylation sites (N-methyl/N-ethyl adjacent to an activating group) is 2. The molecule has 0 unspecified atom stereocenters. The third-order valence-corrected chi connectivity index (χ3v) is 8.72. The Morgan fingerprint density at radius 1 is 0.938 bits per heavy atom. The van der Waals surface area contributed by atoms with Crippen LogP contribution in [0.3, 0.4) is 0 Å². The fourth-order valence-electron chi connectivity index (χ4n) is 6.05. The molecule has 2 aromatic carbocycles. The lowest BCUT2D eigenvalue weighted by molar-refractivity contribution is 0.0227. The van der Waals surface area contributed by atoms with Crippen molar-refractivity contribution in [2.24, 2.45) is 0 Å². The number of carbonyl (C=O) groups excluding carboxylic acids is 1. The van der Waals surface area contributed by atoms with E-state index in [9.17, 15) is 4.79 Å². The zero-order chi connectivity index (χ0) is 33.7. The smallest absolute Gasteiger partial charge is 0.410 e. The molecule has 13 heteroatoms. The van der Waals surface area contributed by atoms with Crippen molar-refractivity contribution in [3.8, 4) is 23.0 Å². The van der Waals surface area contributed by atoms with E-state index < -0.39 is 5.60 Å². The minimum Gasteiger partial charge on any atom is -0.490 e. The van der Waals surface area contributed by atoms with Crippen LogP contribution in [0.15, 0.2) is 30.6 Å². The molecule has 1 N–H and O–H groups in total. The van der Waals surface area contributed by atoms with Gasteiger partial charge in [0, 0.05) is 70.4 Å². The van der Waals surface area contributed by atoms with Crippen LogP contribution in [-0.2, 0) is 11.3 Å². The number of nitrogens with zero attached hydrogens (tertiary/aromatic N) is 6. The first kappa shape index (κ1) is 33.8. The lowest BCUT2D eigenvalue weighted by Gasteiger charge is -2.32. The number of anilines is 2. The second-order valence-electron chi connectivity index (χ2n) is 13.8. The van der Waals surface area contributed by atoms with E-state index in [0.717, 1.165) is 61.3 Å². The lowest BCUT2D eigenvalue weighted by atomic mass is 10.1. The third kappa shape index (κ3) is 8.50. The first-order valence-corrected chi connectivity index (χ1v) is 16.9. The number of fused-ring (bicyclic) bond motifs is 4. The Balaban J connectivity index is 1.29. The maximum absolute atomic E-state index is 13.2. The molecule has 48 heavy (non-hydrogen) atoms. The number of carbonyl (C=O) groups is 1. The van der Waals surface area contributed by atoms with Crippen molar-refractivity contribution in [3.63, 3.8) is 0 Å². The van der Waals surface area contributed by atoms with Gasteiger partial charge in [-0.25, -0.2) is 14.8 Å². The van der Waals surface area contributed by atoms with E-state index >= 15 is 0 Å². The Morgan fingerprint density at radius 3 is 2.56 bits per heavy atom. The summed E-state index contributed by atoms with van der Waals surface area (Å²) in [5.41, 5.74) is 1.92. The molecule has 13 nitrogen and oxygen atoms in total. The van der Waals surface area contributed by atoms with Crippen molar-refractivity contribution in [1.29, 1.82) is 0 Å². The van der Waals surface area contributed by atoms with Crippen LogP contribution in [0.2, 0.25) is 0 Å². The second-order valence-corrected chi connectivity index (χ2v) is 13.8. The largest absolute Gasteiger partial charge is 0.490 e. The summed E-state index contributed by atoms with van der Waals surface area (Å²) < 4.78 is 30.2. The summed E-state index contributed by atoms with van der Waals surface area (Å²) in [6.07, 6.45) is 2.74. The highest BCUT2D eigenvalue weighted by Crippen LogP contribution is 2.44. The van der Waals surface area contributed by atoms with E-state index in [1.54, 1.807) is 11.2 Å². The number of piperazine rings is 1. The van der Waals surface area contributed by atoms with Crippen molar-refractivity contribution in [2.75, 3.05) is 91.8 Å². The predicted octanol–water partition coefficient (Wildman–Crippen LogP) is 4.57. The van der Waals surface area contributed by atoms with E-state index in [2.05, 4.69) is 37.0 Å². The molecule has 260 valence electrons. The van der Waals surface area contributed by atoms with Gasteiger partial charge in [-0.1, -0.05) is 6.07 Å². The normalized spacial score (nSPS) is 18.3. The molecule has 0 radical (unpaired) electrons. The zero-order valence-corrected chi connectivity index (χ0v) is 28.9. The molecule has 3 aliphatic heterocycles. The minimum absolute atomic E-state index is 0.145. The van der Waals surface area contributed by atoms with E-state index in [1.165, 1.54) is 0 Å². The zero-order valence-electron chi connectivity index (χ0n) is 28.9. The molecule has 0 atom stereocenters. The van der Waals surface area contributed by atoms with E-state index in [1.807, 2.05) is 52.1 Å². The molecule has 0 saturated carbocycles. The molecule has 0 aliphatic carbocycles. The van der Waals surface area contributed by atoms with Crippen LogP contribution in [0.5, 0.6) is 23.0 Å². The Bertz CT molecular complexity index is 1570. The Labute approximate surface area is 283 Å². The number of amides is 1. The summed E-state index contributed by atoms with van der Waals surface area (Å²) in [5.74, 6) is 3.18. The maximum Gasteiger partial charge on any atom is 0.410 e. The molecule has 1 fully saturated rings. The van der Waals surface area contributed by atoms with Gasteiger partial charge in [0.2, 0.25) is 6.79 Å². The molecular weight excluding hydrogens is 614 g/mol. The molecule has 1 aromatic heterocycles. The fourth-order valence-corrected chi connectivity index (χ4v) is 6.05. The summed E-state index contributed by atoms with van der Waals surface area (Å²) in [6, 6.07) is 7.83. The van der Waals surface area contributed by atoms with Crippen LogP contribution in [0.4, 0.5) is 16.3 Å². The Morgan fingerprint density at radius 2 is 1.75 bits per heavy atom. The van der Waals surface area contributed by atoms with Crippen LogP contribution in [-0.4, -0.2) is 128 Å². The molecule has 6 rings (SSSR count). The van der Waals surface area contributed by atoms with Crippen LogP contribution >= 0.6 is 0 Å². The molecule has 2 bridgehead atoms. The van der Waals surface area contributed by atoms with Crippen LogP contribution < -0.4 is 24.3 Å². The monoisotopic (exact) mass is 663 g/mol. The second kappa shape index (κ2) is 15.0. The average Bonchev–Trinajstić information content (AvgIpc) is 3.53. The van der Waals surface area contributed by atoms with E-state index in [-0.39, 0.29) is 12.9 Å². The molecule has 1 amide bonds. The van der Waals surface area contributed by atoms with Gasteiger partial charge < -0.3 is 48.6 Å². The summed E-state index contributed by atoms with van der Waals surface area (Å²) in [6.45, 7) is 14.3.